The molecule has 0 saturated carbocycles. The van der Waals surface area contributed by atoms with Crippen LogP contribution in [0.2, 0.25) is 0 Å². The van der Waals surface area contributed by atoms with Crippen LogP contribution in [0, 0.1) is 6.92 Å². The van der Waals surface area contributed by atoms with E-state index in [0.29, 0.717) is 6.04 Å². The van der Waals surface area contributed by atoms with Gasteiger partial charge in [0.2, 0.25) is 5.91 Å². The molecular weight excluding hydrogens is 264 g/mol. The molecule has 0 aliphatic carbocycles. The monoisotopic (exact) mass is 288 g/mol. The third-order valence-electron chi connectivity index (χ3n) is 4.65. The molecule has 2 aliphatic rings. The number of anilines is 1. The van der Waals surface area contributed by atoms with Gasteiger partial charge in [0.15, 0.2) is 0 Å². The molecule has 0 aromatic carbocycles. The summed E-state index contributed by atoms with van der Waals surface area (Å²) in [6, 6.07) is 0.239. The Kier molecular flexibility index (Phi) is 3.83. The largest absolute Gasteiger partial charge is 0.342 e. The standard InChI is InChI=1S/C16H24N4O/c1-4-6-13-9-17-12(3)18-15(13)20-10-14-7-5-8-19(14)16(21)11(20)2/h9,11,14H,4-8,10H2,1-3H3/t11-,14+/m1/s1. The van der Waals surface area contributed by atoms with Crippen molar-refractivity contribution in [3.63, 3.8) is 0 Å². The second-order valence-electron chi connectivity index (χ2n) is 6.17. The molecule has 2 aliphatic heterocycles. The Morgan fingerprint density at radius 1 is 1.38 bits per heavy atom. The van der Waals surface area contributed by atoms with Crippen LogP contribution in [0.1, 0.15) is 44.5 Å². The van der Waals surface area contributed by atoms with Crippen molar-refractivity contribution in [1.82, 2.24) is 14.9 Å². The van der Waals surface area contributed by atoms with Gasteiger partial charge < -0.3 is 9.80 Å². The number of aryl methyl sites for hydroxylation is 2. The first-order valence-corrected chi connectivity index (χ1v) is 8.01. The smallest absolute Gasteiger partial charge is 0.245 e. The molecule has 1 aromatic heterocycles. The second-order valence-corrected chi connectivity index (χ2v) is 6.17. The van der Waals surface area contributed by atoms with Crippen LogP contribution < -0.4 is 4.90 Å². The van der Waals surface area contributed by atoms with Gasteiger partial charge >= 0.3 is 0 Å². The quantitative estimate of drug-likeness (QED) is 0.853. The highest BCUT2D eigenvalue weighted by Gasteiger charge is 2.41. The zero-order valence-corrected chi connectivity index (χ0v) is 13.2. The topological polar surface area (TPSA) is 49.3 Å². The number of aromatic nitrogens is 2. The van der Waals surface area contributed by atoms with Crippen molar-refractivity contribution in [3.8, 4) is 0 Å². The van der Waals surface area contributed by atoms with Gasteiger partial charge in [0.25, 0.3) is 0 Å². The number of amides is 1. The van der Waals surface area contributed by atoms with Crippen LogP contribution in [0.5, 0.6) is 0 Å². The van der Waals surface area contributed by atoms with E-state index >= 15 is 0 Å². The van der Waals surface area contributed by atoms with Crippen LogP contribution in [0.25, 0.3) is 0 Å². The Labute approximate surface area is 126 Å². The maximum Gasteiger partial charge on any atom is 0.245 e. The molecule has 3 rings (SSSR count). The van der Waals surface area contributed by atoms with Gasteiger partial charge in [-0.05, 0) is 33.1 Å². The van der Waals surface area contributed by atoms with E-state index in [9.17, 15) is 4.79 Å². The molecule has 2 fully saturated rings. The molecule has 2 atom stereocenters. The minimum Gasteiger partial charge on any atom is -0.342 e. The van der Waals surface area contributed by atoms with Crippen molar-refractivity contribution in [2.45, 2.75) is 58.5 Å². The maximum absolute atomic E-state index is 12.6. The van der Waals surface area contributed by atoms with Crippen molar-refractivity contribution in [1.29, 1.82) is 0 Å². The molecule has 3 heterocycles. The van der Waals surface area contributed by atoms with Gasteiger partial charge in [0.1, 0.15) is 17.7 Å². The Hall–Kier alpha value is -1.65. The Morgan fingerprint density at radius 3 is 2.95 bits per heavy atom. The number of hydrogen-bond acceptors (Lipinski definition) is 4. The second kappa shape index (κ2) is 5.62. The molecule has 114 valence electrons. The summed E-state index contributed by atoms with van der Waals surface area (Å²) in [7, 11) is 0. The lowest BCUT2D eigenvalue weighted by molar-refractivity contribution is -0.134. The predicted molar refractivity (Wildman–Crippen MR) is 82.3 cm³/mol. The molecule has 2 saturated heterocycles. The molecule has 0 N–H and O–H groups in total. The van der Waals surface area contributed by atoms with Gasteiger partial charge in [-0.15, -0.1) is 0 Å². The van der Waals surface area contributed by atoms with Gasteiger partial charge in [0.05, 0.1) is 0 Å². The summed E-state index contributed by atoms with van der Waals surface area (Å²) >= 11 is 0. The maximum atomic E-state index is 12.6. The molecule has 5 heteroatoms. The van der Waals surface area contributed by atoms with Crippen molar-refractivity contribution in [2.75, 3.05) is 18.0 Å². The van der Waals surface area contributed by atoms with Gasteiger partial charge in [-0.2, -0.15) is 0 Å². The van der Waals surface area contributed by atoms with Crippen molar-refractivity contribution < 1.29 is 4.79 Å². The summed E-state index contributed by atoms with van der Waals surface area (Å²) in [6.07, 6.45) is 6.19. The summed E-state index contributed by atoms with van der Waals surface area (Å²) in [5.74, 6) is 2.00. The normalized spacial score (nSPS) is 25.4. The molecule has 0 spiro atoms. The Bertz CT molecular complexity index is 545. The number of carbonyl (C=O) groups is 1. The van der Waals surface area contributed by atoms with Crippen molar-refractivity contribution in [2.24, 2.45) is 0 Å². The van der Waals surface area contributed by atoms with Gasteiger partial charge in [-0.25, -0.2) is 9.97 Å². The van der Waals surface area contributed by atoms with Crippen LogP contribution in [-0.2, 0) is 11.2 Å². The van der Waals surface area contributed by atoms with Crippen LogP contribution in [0.4, 0.5) is 5.82 Å². The number of fused-ring (bicyclic) bond motifs is 1. The summed E-state index contributed by atoms with van der Waals surface area (Å²) in [4.78, 5) is 25.8. The Morgan fingerprint density at radius 2 is 2.19 bits per heavy atom. The zero-order valence-electron chi connectivity index (χ0n) is 13.2. The highest BCUT2D eigenvalue weighted by atomic mass is 16.2. The van der Waals surface area contributed by atoms with Gasteiger partial charge in [-0.1, -0.05) is 13.3 Å². The number of carbonyl (C=O) groups excluding carboxylic acids is 1. The minimum atomic E-state index is -0.121. The van der Waals surface area contributed by atoms with E-state index in [1.54, 1.807) is 0 Å². The Balaban J connectivity index is 1.95. The van der Waals surface area contributed by atoms with Crippen LogP contribution in [0.15, 0.2) is 6.20 Å². The molecular formula is C16H24N4O. The van der Waals surface area contributed by atoms with Crippen LogP contribution >= 0.6 is 0 Å². The van der Waals surface area contributed by atoms with Crippen molar-refractivity contribution >= 4 is 11.7 Å². The summed E-state index contributed by atoms with van der Waals surface area (Å²) in [6.45, 7) is 7.90. The van der Waals surface area contributed by atoms with E-state index in [4.69, 9.17) is 0 Å². The fourth-order valence-electron chi connectivity index (χ4n) is 3.52. The van der Waals surface area contributed by atoms with E-state index in [-0.39, 0.29) is 11.9 Å². The fraction of sp³-hybridized carbons (Fsp3) is 0.688. The van der Waals surface area contributed by atoms with E-state index < -0.39 is 0 Å². The summed E-state index contributed by atoms with van der Waals surface area (Å²) < 4.78 is 0. The fourth-order valence-corrected chi connectivity index (χ4v) is 3.52. The van der Waals surface area contributed by atoms with Gasteiger partial charge in [-0.3, -0.25) is 4.79 Å². The lowest BCUT2D eigenvalue weighted by atomic mass is 10.1. The van der Waals surface area contributed by atoms with Crippen molar-refractivity contribution in [3.05, 3.63) is 17.6 Å². The minimum absolute atomic E-state index is 0.121. The molecule has 5 nitrogen and oxygen atoms in total. The van der Waals surface area contributed by atoms with E-state index in [2.05, 4.69) is 26.7 Å². The first-order valence-electron chi connectivity index (χ1n) is 8.01. The highest BCUT2D eigenvalue weighted by Crippen LogP contribution is 2.30. The van der Waals surface area contributed by atoms with E-state index in [1.807, 2.05) is 20.0 Å². The average molecular weight is 288 g/mol. The van der Waals surface area contributed by atoms with Gasteiger partial charge in [0, 0.05) is 30.9 Å². The summed E-state index contributed by atoms with van der Waals surface area (Å²) in [5, 5.41) is 0. The molecule has 21 heavy (non-hydrogen) atoms. The molecule has 1 amide bonds. The predicted octanol–water partition coefficient (Wildman–Crippen LogP) is 1.94. The lowest BCUT2D eigenvalue weighted by Crippen LogP contribution is -2.59. The van der Waals surface area contributed by atoms with Crippen LogP contribution in [-0.4, -0.2) is 45.9 Å². The third-order valence-corrected chi connectivity index (χ3v) is 4.65. The average Bonchev–Trinajstić information content (AvgIpc) is 2.93. The molecule has 0 radical (unpaired) electrons. The molecule has 1 aromatic rings. The molecule has 0 unspecified atom stereocenters. The first kappa shape index (κ1) is 14.3. The van der Waals surface area contributed by atoms with Crippen LogP contribution in [0.3, 0.4) is 0 Å². The number of hydrogen-bond donors (Lipinski definition) is 0. The van der Waals surface area contributed by atoms with E-state index in [0.717, 1.165) is 56.0 Å². The lowest BCUT2D eigenvalue weighted by Gasteiger charge is -2.42. The summed E-state index contributed by atoms with van der Waals surface area (Å²) in [5.41, 5.74) is 1.16. The molecule has 0 bridgehead atoms. The third kappa shape index (κ3) is 2.49. The highest BCUT2D eigenvalue weighted by molar-refractivity contribution is 5.86. The zero-order chi connectivity index (χ0) is 15.0. The number of nitrogens with zero attached hydrogens (tertiary/aromatic N) is 4. The number of rotatable bonds is 3. The number of piperazine rings is 1. The van der Waals surface area contributed by atoms with E-state index in [1.165, 1.54) is 0 Å². The first-order chi connectivity index (χ1) is 10.1. The SMILES string of the molecule is CCCc1cnc(C)nc1N1C[C@@H]2CCCN2C(=O)[C@H]1C.